The molecule has 2 N–H and O–H groups in total. The summed E-state index contributed by atoms with van der Waals surface area (Å²) in [6.45, 7) is 6.41. The minimum atomic E-state index is 0.442. The van der Waals surface area contributed by atoms with E-state index in [1.54, 1.807) is 0 Å². The van der Waals surface area contributed by atoms with Crippen LogP contribution in [0.3, 0.4) is 0 Å². The highest BCUT2D eigenvalue weighted by atomic mass is 15.2. The number of nitrogens with one attached hydrogen (secondary N) is 2. The largest absolute Gasteiger partial charge is 0.365 e. The van der Waals surface area contributed by atoms with Gasteiger partial charge in [-0.05, 0) is 37.4 Å². The summed E-state index contributed by atoms with van der Waals surface area (Å²) in [4.78, 5) is 0. The third-order valence-corrected chi connectivity index (χ3v) is 2.93. The van der Waals surface area contributed by atoms with Crippen LogP contribution in [-0.4, -0.2) is 29.3 Å². The summed E-state index contributed by atoms with van der Waals surface area (Å²) in [7, 11) is 0. The van der Waals surface area contributed by atoms with E-state index in [-0.39, 0.29) is 0 Å². The van der Waals surface area contributed by atoms with Crippen LogP contribution in [0.5, 0.6) is 0 Å². The molecule has 88 valence electrons. The predicted molar refractivity (Wildman–Crippen MR) is 65.6 cm³/mol. The number of hydrogen-bond acceptors (Lipinski definition) is 4. The first-order valence-corrected chi connectivity index (χ1v) is 6.06. The van der Waals surface area contributed by atoms with Crippen LogP contribution >= 0.6 is 0 Å². The van der Waals surface area contributed by atoms with Gasteiger partial charge in [-0.1, -0.05) is 13.8 Å². The highest BCUT2D eigenvalue weighted by Gasteiger charge is 2.13. The summed E-state index contributed by atoms with van der Waals surface area (Å²) >= 11 is 0. The minimum Gasteiger partial charge on any atom is -0.365 e. The Bertz CT molecular complexity index is 314. The molecular formula is C12H20N4. The fraction of sp³-hybridized carbons (Fsp3) is 0.667. The molecule has 1 saturated heterocycles. The first kappa shape index (κ1) is 11.3. The Morgan fingerprint density at radius 2 is 2.25 bits per heavy atom. The molecule has 0 bridgehead atoms. The Labute approximate surface area is 96.9 Å². The molecule has 0 amide bonds. The van der Waals surface area contributed by atoms with E-state index in [1.807, 2.05) is 6.07 Å². The van der Waals surface area contributed by atoms with E-state index in [0.29, 0.717) is 12.0 Å². The van der Waals surface area contributed by atoms with Crippen LogP contribution in [-0.2, 0) is 0 Å². The van der Waals surface area contributed by atoms with Crippen molar-refractivity contribution in [2.24, 2.45) is 0 Å². The maximum Gasteiger partial charge on any atom is 0.148 e. The van der Waals surface area contributed by atoms with E-state index in [4.69, 9.17) is 0 Å². The average Bonchev–Trinajstić information content (AvgIpc) is 2.31. The van der Waals surface area contributed by atoms with E-state index in [0.717, 1.165) is 24.6 Å². The highest BCUT2D eigenvalue weighted by molar-refractivity contribution is 5.34. The van der Waals surface area contributed by atoms with Crippen molar-refractivity contribution in [1.82, 2.24) is 15.5 Å². The van der Waals surface area contributed by atoms with Gasteiger partial charge in [-0.3, -0.25) is 0 Å². The molecule has 0 saturated carbocycles. The van der Waals surface area contributed by atoms with E-state index in [2.05, 4.69) is 40.7 Å². The lowest BCUT2D eigenvalue weighted by Gasteiger charge is -2.24. The topological polar surface area (TPSA) is 49.8 Å². The van der Waals surface area contributed by atoms with Crippen LogP contribution < -0.4 is 10.6 Å². The fourth-order valence-electron chi connectivity index (χ4n) is 1.91. The second-order valence-electron chi connectivity index (χ2n) is 4.69. The summed E-state index contributed by atoms with van der Waals surface area (Å²) in [5.74, 6) is 1.33. The molecule has 1 fully saturated rings. The van der Waals surface area contributed by atoms with E-state index >= 15 is 0 Å². The summed E-state index contributed by atoms with van der Waals surface area (Å²) < 4.78 is 0. The van der Waals surface area contributed by atoms with Gasteiger partial charge in [0.15, 0.2) is 0 Å². The van der Waals surface area contributed by atoms with E-state index < -0.39 is 0 Å². The van der Waals surface area contributed by atoms with Gasteiger partial charge >= 0.3 is 0 Å². The maximum atomic E-state index is 4.21. The third kappa shape index (κ3) is 2.92. The van der Waals surface area contributed by atoms with Crippen molar-refractivity contribution in [3.8, 4) is 0 Å². The standard InChI is InChI=1S/C12H20N4/c1-9(2)11-5-6-12(16-15-11)14-10-4-3-7-13-8-10/h5-6,9-10,13H,3-4,7-8H2,1-2H3,(H,14,16). The molecule has 16 heavy (non-hydrogen) atoms. The molecule has 1 unspecified atom stereocenters. The zero-order valence-corrected chi connectivity index (χ0v) is 10.0. The Kier molecular flexibility index (Phi) is 3.72. The summed E-state index contributed by atoms with van der Waals surface area (Å²) in [6.07, 6.45) is 2.44. The minimum absolute atomic E-state index is 0.442. The highest BCUT2D eigenvalue weighted by Crippen LogP contribution is 2.13. The lowest BCUT2D eigenvalue weighted by atomic mass is 10.1. The molecular weight excluding hydrogens is 200 g/mol. The number of anilines is 1. The molecule has 1 aliphatic heterocycles. The molecule has 0 radical (unpaired) electrons. The molecule has 1 aromatic rings. The van der Waals surface area contributed by atoms with E-state index in [1.165, 1.54) is 12.8 Å². The fourth-order valence-corrected chi connectivity index (χ4v) is 1.91. The molecule has 0 aromatic carbocycles. The van der Waals surface area contributed by atoms with Crippen LogP contribution in [0.25, 0.3) is 0 Å². The van der Waals surface area contributed by atoms with E-state index in [9.17, 15) is 0 Å². The molecule has 1 aliphatic rings. The van der Waals surface area contributed by atoms with Gasteiger partial charge in [-0.15, -0.1) is 5.10 Å². The van der Waals surface area contributed by atoms with Crippen molar-refractivity contribution in [3.05, 3.63) is 17.8 Å². The third-order valence-electron chi connectivity index (χ3n) is 2.93. The Morgan fingerprint density at radius 3 is 2.81 bits per heavy atom. The number of hydrogen-bond donors (Lipinski definition) is 2. The number of aromatic nitrogens is 2. The Hall–Kier alpha value is -1.16. The molecule has 0 spiro atoms. The molecule has 2 rings (SSSR count). The first-order valence-electron chi connectivity index (χ1n) is 6.06. The summed E-state index contributed by atoms with van der Waals surface area (Å²) in [6, 6.07) is 4.57. The van der Waals surface area contributed by atoms with Crippen molar-refractivity contribution >= 4 is 5.82 Å². The molecule has 4 heteroatoms. The second-order valence-corrected chi connectivity index (χ2v) is 4.69. The smallest absolute Gasteiger partial charge is 0.148 e. The average molecular weight is 220 g/mol. The van der Waals surface area contributed by atoms with Crippen LogP contribution in [0.4, 0.5) is 5.82 Å². The van der Waals surface area contributed by atoms with Crippen LogP contribution in [0, 0.1) is 0 Å². The summed E-state index contributed by atoms with van der Waals surface area (Å²) in [5.41, 5.74) is 1.05. The Morgan fingerprint density at radius 1 is 1.38 bits per heavy atom. The normalized spacial score (nSPS) is 21.1. The van der Waals surface area contributed by atoms with Gasteiger partial charge in [0, 0.05) is 12.6 Å². The van der Waals surface area contributed by atoms with Crippen LogP contribution in [0.1, 0.15) is 38.3 Å². The number of nitrogens with zero attached hydrogens (tertiary/aromatic N) is 2. The molecule has 1 aromatic heterocycles. The van der Waals surface area contributed by atoms with Gasteiger partial charge in [-0.25, -0.2) is 0 Å². The predicted octanol–water partition coefficient (Wildman–Crippen LogP) is 1.76. The van der Waals surface area contributed by atoms with Gasteiger partial charge in [0.25, 0.3) is 0 Å². The van der Waals surface area contributed by atoms with Crippen molar-refractivity contribution in [1.29, 1.82) is 0 Å². The molecule has 0 aliphatic carbocycles. The summed E-state index contributed by atoms with van der Waals surface area (Å²) in [5, 5.41) is 15.2. The lowest BCUT2D eigenvalue weighted by molar-refractivity contribution is 0.478. The Balaban J connectivity index is 1.93. The molecule has 2 heterocycles. The zero-order chi connectivity index (χ0) is 11.4. The molecule has 4 nitrogen and oxygen atoms in total. The van der Waals surface area contributed by atoms with Gasteiger partial charge in [0.2, 0.25) is 0 Å². The van der Waals surface area contributed by atoms with Gasteiger partial charge in [0.1, 0.15) is 5.82 Å². The number of rotatable bonds is 3. The van der Waals surface area contributed by atoms with Crippen molar-refractivity contribution in [3.63, 3.8) is 0 Å². The van der Waals surface area contributed by atoms with Crippen molar-refractivity contribution < 1.29 is 0 Å². The van der Waals surface area contributed by atoms with Crippen molar-refractivity contribution in [2.75, 3.05) is 18.4 Å². The number of piperidine rings is 1. The lowest BCUT2D eigenvalue weighted by Crippen LogP contribution is -2.38. The SMILES string of the molecule is CC(C)c1ccc(NC2CCCNC2)nn1. The van der Waals surface area contributed by atoms with Gasteiger partial charge in [0.05, 0.1) is 5.69 Å². The molecule has 1 atom stereocenters. The van der Waals surface area contributed by atoms with Crippen molar-refractivity contribution in [2.45, 2.75) is 38.6 Å². The van der Waals surface area contributed by atoms with Gasteiger partial charge < -0.3 is 10.6 Å². The van der Waals surface area contributed by atoms with Gasteiger partial charge in [-0.2, -0.15) is 5.10 Å². The van der Waals surface area contributed by atoms with Crippen LogP contribution in [0.2, 0.25) is 0 Å². The first-order chi connectivity index (χ1) is 7.75. The maximum absolute atomic E-state index is 4.21. The quantitative estimate of drug-likeness (QED) is 0.815. The monoisotopic (exact) mass is 220 g/mol. The zero-order valence-electron chi connectivity index (χ0n) is 10.0. The van der Waals surface area contributed by atoms with Crippen LogP contribution in [0.15, 0.2) is 12.1 Å². The second kappa shape index (κ2) is 5.25.